The second kappa shape index (κ2) is 7.65. The number of hydrogen-bond acceptors (Lipinski definition) is 5. The standard InChI is InChI=1S/C18H19ClN2O4S/c1-25-18(22)14-6-2-5-9-17(14)26(23,24)21-12-10-20(11-13-21)16-8-4-3-7-15(16)19/h2-9H,10-13H2,1H3. The van der Waals surface area contributed by atoms with Crippen molar-refractivity contribution in [3.8, 4) is 0 Å². The summed E-state index contributed by atoms with van der Waals surface area (Å²) >= 11 is 6.23. The Labute approximate surface area is 158 Å². The molecule has 0 aliphatic carbocycles. The first-order chi connectivity index (χ1) is 12.4. The first-order valence-electron chi connectivity index (χ1n) is 8.12. The van der Waals surface area contributed by atoms with Crippen LogP contribution in [0.2, 0.25) is 5.02 Å². The number of benzene rings is 2. The van der Waals surface area contributed by atoms with E-state index in [-0.39, 0.29) is 10.5 Å². The minimum atomic E-state index is -3.79. The highest BCUT2D eigenvalue weighted by molar-refractivity contribution is 7.89. The van der Waals surface area contributed by atoms with E-state index in [4.69, 9.17) is 16.3 Å². The number of para-hydroxylation sites is 1. The van der Waals surface area contributed by atoms with Crippen LogP contribution in [-0.2, 0) is 14.8 Å². The number of anilines is 1. The summed E-state index contributed by atoms with van der Waals surface area (Å²) < 4.78 is 32.1. The van der Waals surface area contributed by atoms with E-state index in [1.165, 1.54) is 23.5 Å². The Morgan fingerprint density at radius 3 is 2.27 bits per heavy atom. The van der Waals surface area contributed by atoms with Gasteiger partial charge in [-0.15, -0.1) is 0 Å². The molecule has 1 heterocycles. The lowest BCUT2D eigenvalue weighted by Gasteiger charge is -2.35. The number of esters is 1. The highest BCUT2D eigenvalue weighted by Crippen LogP contribution is 2.28. The first-order valence-corrected chi connectivity index (χ1v) is 9.94. The summed E-state index contributed by atoms with van der Waals surface area (Å²) in [6.45, 7) is 1.65. The van der Waals surface area contributed by atoms with E-state index >= 15 is 0 Å². The average molecular weight is 395 g/mol. The summed E-state index contributed by atoms with van der Waals surface area (Å²) in [6, 6.07) is 13.6. The lowest BCUT2D eigenvalue weighted by atomic mass is 10.2. The van der Waals surface area contributed by atoms with Gasteiger partial charge in [-0.05, 0) is 24.3 Å². The van der Waals surface area contributed by atoms with E-state index in [0.717, 1.165) is 5.69 Å². The van der Waals surface area contributed by atoms with Gasteiger partial charge < -0.3 is 9.64 Å². The second-order valence-corrected chi connectivity index (χ2v) is 8.14. The predicted octanol–water partition coefficient (Wildman–Crippen LogP) is 2.64. The van der Waals surface area contributed by atoms with Gasteiger partial charge in [0.05, 0.1) is 28.3 Å². The zero-order valence-corrected chi connectivity index (χ0v) is 15.8. The van der Waals surface area contributed by atoms with Gasteiger partial charge in [0.2, 0.25) is 10.0 Å². The van der Waals surface area contributed by atoms with Gasteiger partial charge in [-0.2, -0.15) is 4.31 Å². The number of methoxy groups -OCH3 is 1. The first kappa shape index (κ1) is 18.7. The van der Waals surface area contributed by atoms with Crippen molar-refractivity contribution in [1.82, 2.24) is 4.31 Å². The molecule has 1 aliphatic heterocycles. The predicted molar refractivity (Wildman–Crippen MR) is 100 cm³/mol. The van der Waals surface area contributed by atoms with E-state index < -0.39 is 16.0 Å². The minimum absolute atomic E-state index is 0.0296. The maximum absolute atomic E-state index is 13.0. The molecule has 0 aromatic heterocycles. The van der Waals surface area contributed by atoms with Crippen LogP contribution < -0.4 is 4.90 Å². The SMILES string of the molecule is COC(=O)c1ccccc1S(=O)(=O)N1CCN(c2ccccc2Cl)CC1. The molecular formula is C18H19ClN2O4S. The molecule has 1 aliphatic rings. The topological polar surface area (TPSA) is 66.9 Å². The van der Waals surface area contributed by atoms with Gasteiger partial charge >= 0.3 is 5.97 Å². The monoisotopic (exact) mass is 394 g/mol. The van der Waals surface area contributed by atoms with Crippen molar-refractivity contribution < 1.29 is 17.9 Å². The number of piperazine rings is 1. The highest BCUT2D eigenvalue weighted by atomic mass is 35.5. The molecule has 6 nitrogen and oxygen atoms in total. The van der Waals surface area contributed by atoms with E-state index in [2.05, 4.69) is 4.90 Å². The number of hydrogen-bond donors (Lipinski definition) is 0. The smallest absolute Gasteiger partial charge is 0.339 e. The van der Waals surface area contributed by atoms with Gasteiger partial charge in [0.1, 0.15) is 0 Å². The molecule has 2 aromatic rings. The van der Waals surface area contributed by atoms with Crippen LogP contribution in [-0.4, -0.2) is 52.0 Å². The maximum atomic E-state index is 13.0. The van der Waals surface area contributed by atoms with Crippen LogP contribution in [0.1, 0.15) is 10.4 Å². The van der Waals surface area contributed by atoms with Crippen LogP contribution in [0.3, 0.4) is 0 Å². The molecule has 0 atom stereocenters. The van der Waals surface area contributed by atoms with Crippen molar-refractivity contribution in [2.75, 3.05) is 38.2 Å². The minimum Gasteiger partial charge on any atom is -0.465 e. The van der Waals surface area contributed by atoms with Crippen LogP contribution in [0.4, 0.5) is 5.69 Å². The normalized spacial score (nSPS) is 15.7. The molecule has 0 saturated carbocycles. The molecule has 138 valence electrons. The largest absolute Gasteiger partial charge is 0.465 e. The molecule has 2 aromatic carbocycles. The van der Waals surface area contributed by atoms with Gasteiger partial charge in [0, 0.05) is 26.2 Å². The van der Waals surface area contributed by atoms with Gasteiger partial charge in [0.25, 0.3) is 0 Å². The van der Waals surface area contributed by atoms with Crippen LogP contribution >= 0.6 is 11.6 Å². The Morgan fingerprint density at radius 2 is 1.62 bits per heavy atom. The molecule has 0 radical (unpaired) electrons. The number of carbonyl (C=O) groups excluding carboxylic acids is 1. The summed E-state index contributed by atoms with van der Waals surface area (Å²) in [6.07, 6.45) is 0. The summed E-state index contributed by atoms with van der Waals surface area (Å²) in [4.78, 5) is 13.9. The zero-order valence-electron chi connectivity index (χ0n) is 14.3. The summed E-state index contributed by atoms with van der Waals surface area (Å²) in [5.74, 6) is -0.668. The van der Waals surface area contributed by atoms with Crippen LogP contribution in [0.25, 0.3) is 0 Å². The number of nitrogens with zero attached hydrogens (tertiary/aromatic N) is 2. The highest BCUT2D eigenvalue weighted by Gasteiger charge is 2.32. The fraction of sp³-hybridized carbons (Fsp3) is 0.278. The lowest BCUT2D eigenvalue weighted by molar-refractivity contribution is 0.0596. The van der Waals surface area contributed by atoms with E-state index in [1.54, 1.807) is 12.1 Å². The summed E-state index contributed by atoms with van der Waals surface area (Å²) in [5, 5.41) is 0.639. The maximum Gasteiger partial charge on any atom is 0.339 e. The van der Waals surface area contributed by atoms with Gasteiger partial charge in [0.15, 0.2) is 0 Å². The lowest BCUT2D eigenvalue weighted by Crippen LogP contribution is -2.49. The molecule has 0 unspecified atom stereocenters. The Bertz CT molecular complexity index is 909. The third-order valence-corrected chi connectivity index (χ3v) is 6.62. The molecule has 8 heteroatoms. The number of ether oxygens (including phenoxy) is 1. The fourth-order valence-corrected chi connectivity index (χ4v) is 4.84. The fourth-order valence-electron chi connectivity index (χ4n) is 2.99. The third kappa shape index (κ3) is 3.56. The van der Waals surface area contributed by atoms with Crippen molar-refractivity contribution in [1.29, 1.82) is 0 Å². The third-order valence-electron chi connectivity index (χ3n) is 4.34. The van der Waals surface area contributed by atoms with Crippen LogP contribution in [0.15, 0.2) is 53.4 Å². The molecular weight excluding hydrogens is 376 g/mol. The molecule has 3 rings (SSSR count). The Hall–Kier alpha value is -2.09. The molecule has 1 fully saturated rings. The van der Waals surface area contributed by atoms with Crippen molar-refractivity contribution in [3.63, 3.8) is 0 Å². The van der Waals surface area contributed by atoms with Crippen LogP contribution in [0.5, 0.6) is 0 Å². The van der Waals surface area contributed by atoms with Crippen molar-refractivity contribution in [2.45, 2.75) is 4.90 Å². The number of carbonyl (C=O) groups is 1. The Kier molecular flexibility index (Phi) is 5.50. The van der Waals surface area contributed by atoms with Gasteiger partial charge in [-0.3, -0.25) is 0 Å². The van der Waals surface area contributed by atoms with Crippen molar-refractivity contribution in [3.05, 3.63) is 59.1 Å². The summed E-state index contributed by atoms with van der Waals surface area (Å²) in [5.41, 5.74) is 0.935. The van der Waals surface area contributed by atoms with Gasteiger partial charge in [-0.25, -0.2) is 13.2 Å². The van der Waals surface area contributed by atoms with E-state index in [1.807, 2.05) is 24.3 Å². The molecule has 0 bridgehead atoms. The van der Waals surface area contributed by atoms with E-state index in [9.17, 15) is 13.2 Å². The second-order valence-electron chi connectivity index (χ2n) is 5.83. The molecule has 1 saturated heterocycles. The Balaban J connectivity index is 1.81. The number of halogens is 1. The Morgan fingerprint density at radius 1 is 1.00 bits per heavy atom. The molecule has 0 spiro atoms. The molecule has 26 heavy (non-hydrogen) atoms. The number of rotatable bonds is 4. The molecule has 0 N–H and O–H groups in total. The zero-order chi connectivity index (χ0) is 18.7. The van der Waals surface area contributed by atoms with E-state index in [0.29, 0.717) is 31.2 Å². The van der Waals surface area contributed by atoms with Crippen molar-refractivity contribution in [2.24, 2.45) is 0 Å². The van der Waals surface area contributed by atoms with Crippen molar-refractivity contribution >= 4 is 33.3 Å². The average Bonchev–Trinajstić information content (AvgIpc) is 2.68. The summed E-state index contributed by atoms with van der Waals surface area (Å²) in [7, 11) is -2.56. The van der Waals surface area contributed by atoms with Gasteiger partial charge in [-0.1, -0.05) is 35.9 Å². The quantitative estimate of drug-likeness (QED) is 0.746. The van der Waals surface area contributed by atoms with Crippen LogP contribution in [0, 0.1) is 0 Å². The molecule has 0 amide bonds. The number of sulfonamides is 1.